The van der Waals surface area contributed by atoms with Gasteiger partial charge >= 0.3 is 0 Å². The molecule has 2 rings (SSSR count). The van der Waals surface area contributed by atoms with Gasteiger partial charge in [0.25, 0.3) is 0 Å². The Bertz CT molecular complexity index is 513. The number of aliphatic hydroxyl groups excluding tert-OH is 2. The smallest absolute Gasteiger partial charge is 0.129 e. The Balaban J connectivity index is 2.48. The summed E-state index contributed by atoms with van der Waals surface area (Å²) in [6.07, 6.45) is -0.616. The summed E-state index contributed by atoms with van der Waals surface area (Å²) in [7, 11) is 0. The molecular formula is C17H27NO3. The number of fused-ring (bicyclic) bond motifs is 1. The summed E-state index contributed by atoms with van der Waals surface area (Å²) in [4.78, 5) is 2.09. The summed E-state index contributed by atoms with van der Waals surface area (Å²) in [6.45, 7) is 11.5. The van der Waals surface area contributed by atoms with Gasteiger partial charge in [-0.1, -0.05) is 19.1 Å². The van der Waals surface area contributed by atoms with E-state index in [0.29, 0.717) is 6.54 Å². The molecule has 0 bridgehead atoms. The Morgan fingerprint density at radius 1 is 1.29 bits per heavy atom. The molecule has 4 nitrogen and oxygen atoms in total. The SMILES string of the molecule is CCN(CCO)C1C(O)c2ccc(C)c(C)c2OC1(C)C. The van der Waals surface area contributed by atoms with E-state index in [0.717, 1.165) is 29.0 Å². The fourth-order valence-corrected chi connectivity index (χ4v) is 3.31. The summed E-state index contributed by atoms with van der Waals surface area (Å²) in [5.41, 5.74) is 2.58. The summed E-state index contributed by atoms with van der Waals surface area (Å²) in [6, 6.07) is 3.81. The standard InChI is InChI=1S/C17H27NO3/c1-6-18(9-10-19)16-14(20)13-8-7-11(2)12(3)15(13)21-17(16,4)5/h7-8,14,16,19-20H,6,9-10H2,1-5H3. The van der Waals surface area contributed by atoms with E-state index in [1.807, 2.05) is 39.8 Å². The van der Waals surface area contributed by atoms with Crippen molar-refractivity contribution >= 4 is 0 Å². The molecule has 0 spiro atoms. The van der Waals surface area contributed by atoms with Gasteiger partial charge in [0, 0.05) is 12.1 Å². The quantitative estimate of drug-likeness (QED) is 0.893. The fraction of sp³-hybridized carbons (Fsp3) is 0.647. The zero-order chi connectivity index (χ0) is 15.8. The van der Waals surface area contributed by atoms with Gasteiger partial charge in [-0.3, -0.25) is 4.90 Å². The second-order valence-corrected chi connectivity index (χ2v) is 6.37. The van der Waals surface area contributed by atoms with Gasteiger partial charge in [-0.2, -0.15) is 0 Å². The number of aliphatic hydroxyl groups is 2. The van der Waals surface area contributed by atoms with E-state index < -0.39 is 11.7 Å². The fourth-order valence-electron chi connectivity index (χ4n) is 3.31. The van der Waals surface area contributed by atoms with Crippen LogP contribution >= 0.6 is 0 Å². The maximum Gasteiger partial charge on any atom is 0.129 e. The first-order valence-corrected chi connectivity index (χ1v) is 7.65. The summed E-state index contributed by atoms with van der Waals surface area (Å²) in [5.74, 6) is 0.809. The molecule has 0 saturated carbocycles. The number of hydrogen-bond donors (Lipinski definition) is 2. The van der Waals surface area contributed by atoms with Crippen molar-refractivity contribution in [2.45, 2.75) is 52.4 Å². The number of hydrogen-bond acceptors (Lipinski definition) is 4. The first kappa shape index (κ1) is 16.3. The van der Waals surface area contributed by atoms with Crippen molar-refractivity contribution < 1.29 is 14.9 Å². The highest BCUT2D eigenvalue weighted by Crippen LogP contribution is 2.44. The Hall–Kier alpha value is -1.10. The first-order chi connectivity index (χ1) is 9.83. The molecule has 0 amide bonds. The van der Waals surface area contributed by atoms with Gasteiger partial charge in [0.05, 0.1) is 12.6 Å². The Kier molecular flexibility index (Phi) is 4.61. The molecule has 2 N–H and O–H groups in total. The van der Waals surface area contributed by atoms with Crippen LogP contribution in [-0.2, 0) is 0 Å². The average Bonchev–Trinajstić information content (AvgIpc) is 2.42. The van der Waals surface area contributed by atoms with E-state index in [4.69, 9.17) is 4.74 Å². The molecule has 0 fully saturated rings. The molecule has 0 aromatic heterocycles. The monoisotopic (exact) mass is 293 g/mol. The highest BCUT2D eigenvalue weighted by atomic mass is 16.5. The second kappa shape index (κ2) is 5.95. The topological polar surface area (TPSA) is 52.9 Å². The van der Waals surface area contributed by atoms with Crippen LogP contribution in [0.3, 0.4) is 0 Å². The lowest BCUT2D eigenvalue weighted by atomic mass is 9.83. The van der Waals surface area contributed by atoms with Crippen LogP contribution in [0.5, 0.6) is 5.75 Å². The molecule has 1 aromatic rings. The van der Waals surface area contributed by atoms with Crippen LogP contribution in [0.1, 0.15) is 43.6 Å². The van der Waals surface area contributed by atoms with E-state index in [9.17, 15) is 10.2 Å². The third kappa shape index (κ3) is 2.80. The second-order valence-electron chi connectivity index (χ2n) is 6.37. The number of rotatable bonds is 4. The van der Waals surface area contributed by atoms with Crippen molar-refractivity contribution in [2.24, 2.45) is 0 Å². The van der Waals surface area contributed by atoms with Gasteiger partial charge in [0.15, 0.2) is 0 Å². The van der Waals surface area contributed by atoms with E-state index >= 15 is 0 Å². The molecule has 1 aromatic carbocycles. The van der Waals surface area contributed by atoms with E-state index in [2.05, 4.69) is 11.8 Å². The lowest BCUT2D eigenvalue weighted by molar-refractivity contribution is -0.0844. The lowest BCUT2D eigenvalue weighted by Crippen LogP contribution is -2.58. The van der Waals surface area contributed by atoms with Crippen LogP contribution in [0.25, 0.3) is 0 Å². The molecule has 0 aliphatic carbocycles. The number of likely N-dealkylation sites (N-methyl/N-ethyl adjacent to an activating group) is 1. The Morgan fingerprint density at radius 2 is 1.95 bits per heavy atom. The predicted octanol–water partition coefficient (Wildman–Crippen LogP) is 2.19. The van der Waals surface area contributed by atoms with Gasteiger partial charge in [0.2, 0.25) is 0 Å². The van der Waals surface area contributed by atoms with Crippen molar-refractivity contribution in [2.75, 3.05) is 19.7 Å². The van der Waals surface area contributed by atoms with Crippen molar-refractivity contribution in [1.82, 2.24) is 4.90 Å². The van der Waals surface area contributed by atoms with Gasteiger partial charge in [-0.15, -0.1) is 0 Å². The zero-order valence-electron chi connectivity index (χ0n) is 13.7. The minimum Gasteiger partial charge on any atom is -0.485 e. The van der Waals surface area contributed by atoms with E-state index in [1.54, 1.807) is 0 Å². The molecule has 1 aliphatic rings. The van der Waals surface area contributed by atoms with Crippen LogP contribution < -0.4 is 4.74 Å². The largest absolute Gasteiger partial charge is 0.485 e. The molecule has 4 heteroatoms. The molecule has 2 atom stereocenters. The summed E-state index contributed by atoms with van der Waals surface area (Å²) >= 11 is 0. The van der Waals surface area contributed by atoms with Crippen molar-refractivity contribution in [1.29, 1.82) is 0 Å². The number of nitrogens with zero attached hydrogens (tertiary/aromatic N) is 1. The highest BCUT2D eigenvalue weighted by Gasteiger charge is 2.46. The molecular weight excluding hydrogens is 266 g/mol. The van der Waals surface area contributed by atoms with E-state index in [1.165, 1.54) is 0 Å². The number of aryl methyl sites for hydroxylation is 1. The average molecular weight is 293 g/mol. The van der Waals surface area contributed by atoms with Crippen LogP contribution in [0.2, 0.25) is 0 Å². The van der Waals surface area contributed by atoms with Gasteiger partial charge in [0.1, 0.15) is 17.5 Å². The minimum absolute atomic E-state index is 0.0763. The first-order valence-electron chi connectivity index (χ1n) is 7.65. The van der Waals surface area contributed by atoms with Crippen LogP contribution in [0.4, 0.5) is 0 Å². The molecule has 2 unspecified atom stereocenters. The van der Waals surface area contributed by atoms with Gasteiger partial charge in [-0.05, 0) is 45.4 Å². The molecule has 118 valence electrons. The highest BCUT2D eigenvalue weighted by molar-refractivity contribution is 5.49. The van der Waals surface area contributed by atoms with Crippen LogP contribution in [0, 0.1) is 13.8 Å². The Morgan fingerprint density at radius 3 is 2.52 bits per heavy atom. The van der Waals surface area contributed by atoms with Crippen LogP contribution in [0.15, 0.2) is 12.1 Å². The van der Waals surface area contributed by atoms with Crippen molar-refractivity contribution in [3.8, 4) is 5.75 Å². The zero-order valence-corrected chi connectivity index (χ0v) is 13.7. The minimum atomic E-state index is -0.616. The maximum absolute atomic E-state index is 10.9. The van der Waals surface area contributed by atoms with Gasteiger partial charge in [-0.25, -0.2) is 0 Å². The Labute approximate surface area is 127 Å². The van der Waals surface area contributed by atoms with Crippen molar-refractivity contribution in [3.05, 3.63) is 28.8 Å². The lowest BCUT2D eigenvalue weighted by Gasteiger charge is -2.48. The predicted molar refractivity (Wildman–Crippen MR) is 83.7 cm³/mol. The van der Waals surface area contributed by atoms with E-state index in [-0.39, 0.29) is 12.6 Å². The normalized spacial score (nSPS) is 23.8. The van der Waals surface area contributed by atoms with Crippen LogP contribution in [-0.4, -0.2) is 46.5 Å². The third-order valence-corrected chi connectivity index (χ3v) is 4.59. The number of ether oxygens (including phenoxy) is 1. The van der Waals surface area contributed by atoms with Gasteiger partial charge < -0.3 is 14.9 Å². The molecule has 0 radical (unpaired) electrons. The summed E-state index contributed by atoms with van der Waals surface area (Å²) < 4.78 is 6.26. The number of benzene rings is 1. The maximum atomic E-state index is 10.9. The summed E-state index contributed by atoms with van der Waals surface area (Å²) in [5, 5.41) is 20.2. The molecule has 0 saturated heterocycles. The van der Waals surface area contributed by atoms with Crippen molar-refractivity contribution in [3.63, 3.8) is 0 Å². The molecule has 1 heterocycles. The third-order valence-electron chi connectivity index (χ3n) is 4.59. The molecule has 1 aliphatic heterocycles. The molecule has 21 heavy (non-hydrogen) atoms.